The van der Waals surface area contributed by atoms with Crippen LogP contribution in [0.1, 0.15) is 55.8 Å². The van der Waals surface area contributed by atoms with Crippen LogP contribution in [0.15, 0.2) is 24.3 Å². The third-order valence-corrected chi connectivity index (χ3v) is 5.44. The third kappa shape index (κ3) is 4.08. The second kappa shape index (κ2) is 7.85. The molecule has 0 bridgehead atoms. The number of carbonyl (C=O) groups is 1. The quantitative estimate of drug-likeness (QED) is 0.786. The molecule has 2 heterocycles. The van der Waals surface area contributed by atoms with Gasteiger partial charge < -0.3 is 14.4 Å². The minimum Gasteiger partial charge on any atom is -0.462 e. The van der Waals surface area contributed by atoms with Gasteiger partial charge in [-0.05, 0) is 60.7 Å². The van der Waals surface area contributed by atoms with Crippen molar-refractivity contribution in [2.24, 2.45) is 0 Å². The Kier molecular flexibility index (Phi) is 5.70. The molecule has 27 heavy (non-hydrogen) atoms. The molecule has 3 rings (SSSR count). The highest BCUT2D eigenvalue weighted by atomic mass is 19.1. The monoisotopic (exact) mass is 373 g/mol. The van der Waals surface area contributed by atoms with Crippen LogP contribution in [0.25, 0.3) is 11.3 Å². The molecule has 2 atom stereocenters. The van der Waals surface area contributed by atoms with Gasteiger partial charge in [0, 0.05) is 25.1 Å². The van der Waals surface area contributed by atoms with Gasteiger partial charge in [-0.3, -0.25) is 4.79 Å². The van der Waals surface area contributed by atoms with Gasteiger partial charge >= 0.3 is 5.97 Å². The number of rotatable bonds is 5. The summed E-state index contributed by atoms with van der Waals surface area (Å²) < 4.78 is 21.1. The van der Waals surface area contributed by atoms with Gasteiger partial charge in [-0.2, -0.15) is 0 Å². The van der Waals surface area contributed by atoms with Crippen molar-refractivity contribution in [1.82, 2.24) is 4.57 Å². The summed E-state index contributed by atoms with van der Waals surface area (Å²) in [4.78, 5) is 11.6. The van der Waals surface area contributed by atoms with E-state index in [4.69, 9.17) is 4.74 Å². The van der Waals surface area contributed by atoms with Crippen LogP contribution in [0.4, 0.5) is 4.39 Å². The molecular weight excluding hydrogens is 345 g/mol. The highest BCUT2D eigenvalue weighted by Gasteiger charge is 2.28. The Labute approximate surface area is 160 Å². The van der Waals surface area contributed by atoms with Crippen molar-refractivity contribution in [1.29, 1.82) is 0 Å². The molecule has 0 radical (unpaired) electrons. The highest BCUT2D eigenvalue weighted by Crippen LogP contribution is 2.35. The number of benzene rings is 1. The van der Waals surface area contributed by atoms with Gasteiger partial charge in [-0.25, -0.2) is 4.39 Å². The van der Waals surface area contributed by atoms with Gasteiger partial charge in [0.15, 0.2) is 0 Å². The minimum atomic E-state index is -0.620. The molecule has 1 N–H and O–H groups in total. The van der Waals surface area contributed by atoms with E-state index in [1.807, 2.05) is 12.1 Å². The molecule has 0 unspecified atom stereocenters. The Balaban J connectivity index is 1.95. The zero-order valence-electron chi connectivity index (χ0n) is 16.5. The molecule has 0 saturated carbocycles. The summed E-state index contributed by atoms with van der Waals surface area (Å²) in [6.45, 7) is 9.23. The first-order valence-electron chi connectivity index (χ1n) is 9.61. The predicted molar refractivity (Wildman–Crippen MR) is 103 cm³/mol. The van der Waals surface area contributed by atoms with Gasteiger partial charge in [0.05, 0.1) is 18.2 Å². The molecule has 5 heteroatoms. The van der Waals surface area contributed by atoms with E-state index in [2.05, 4.69) is 32.3 Å². The number of carbonyl (C=O) groups excluding carboxylic acids is 1. The van der Waals surface area contributed by atoms with Crippen molar-refractivity contribution in [3.8, 4) is 11.3 Å². The number of hydrogen-bond donors (Lipinski definition) is 1. The zero-order valence-corrected chi connectivity index (χ0v) is 16.5. The summed E-state index contributed by atoms with van der Waals surface area (Å²) in [6, 6.07) is 6.58. The van der Waals surface area contributed by atoms with Gasteiger partial charge in [0.2, 0.25) is 0 Å². The average Bonchev–Trinajstić information content (AvgIpc) is 2.84. The number of aliphatic hydroxyl groups excluding tert-OH is 1. The van der Waals surface area contributed by atoms with Gasteiger partial charge in [-0.15, -0.1) is 0 Å². The Morgan fingerprint density at radius 2 is 1.89 bits per heavy atom. The third-order valence-electron chi connectivity index (χ3n) is 5.44. The lowest BCUT2D eigenvalue weighted by atomic mass is 10.0. The number of esters is 1. The molecule has 2 aromatic rings. The SMILES string of the molecule is Cc1c(C)c(C(C)C)n(CC[C@@H]2C[C@@H](O)CC(=O)O2)c1-c1ccc(F)cc1. The maximum atomic E-state index is 13.4. The van der Waals surface area contributed by atoms with Gasteiger partial charge in [0.1, 0.15) is 11.9 Å². The first kappa shape index (κ1) is 19.6. The number of ether oxygens (including phenoxy) is 1. The number of aliphatic hydroxyl groups is 1. The second-order valence-electron chi connectivity index (χ2n) is 7.79. The van der Waals surface area contributed by atoms with Crippen LogP contribution in [0.2, 0.25) is 0 Å². The molecule has 1 aliphatic rings. The molecule has 1 aliphatic heterocycles. The number of hydrogen-bond acceptors (Lipinski definition) is 3. The topological polar surface area (TPSA) is 51.5 Å². The Hall–Kier alpha value is -2.14. The molecule has 1 aromatic heterocycles. The maximum Gasteiger partial charge on any atom is 0.308 e. The highest BCUT2D eigenvalue weighted by molar-refractivity contribution is 5.71. The van der Waals surface area contributed by atoms with Crippen molar-refractivity contribution in [2.45, 2.75) is 71.6 Å². The first-order valence-corrected chi connectivity index (χ1v) is 9.61. The van der Waals surface area contributed by atoms with Crippen LogP contribution in [-0.2, 0) is 16.1 Å². The van der Waals surface area contributed by atoms with Crippen molar-refractivity contribution in [2.75, 3.05) is 0 Å². The molecule has 146 valence electrons. The largest absolute Gasteiger partial charge is 0.462 e. The van der Waals surface area contributed by atoms with Gasteiger partial charge in [-0.1, -0.05) is 13.8 Å². The Morgan fingerprint density at radius 3 is 2.48 bits per heavy atom. The summed E-state index contributed by atoms with van der Waals surface area (Å²) >= 11 is 0. The standard InChI is InChI=1S/C22H28FNO3/c1-13(2)21-14(3)15(4)22(16-5-7-17(23)8-6-16)24(21)10-9-19-11-18(25)12-20(26)27-19/h5-8,13,18-19,25H,9-12H2,1-4H3/t18-,19-/m1/s1. The maximum absolute atomic E-state index is 13.4. The van der Waals surface area contributed by atoms with Crippen molar-refractivity contribution in [3.63, 3.8) is 0 Å². The number of nitrogens with zero attached hydrogens (tertiary/aromatic N) is 1. The fourth-order valence-electron chi connectivity index (χ4n) is 4.16. The summed E-state index contributed by atoms with van der Waals surface area (Å²) in [5.74, 6) is -0.253. The van der Waals surface area contributed by atoms with Crippen LogP contribution in [0, 0.1) is 19.7 Å². The van der Waals surface area contributed by atoms with E-state index in [-0.39, 0.29) is 24.3 Å². The van der Waals surface area contributed by atoms with Gasteiger partial charge in [0.25, 0.3) is 0 Å². The van der Waals surface area contributed by atoms with Crippen LogP contribution in [-0.4, -0.2) is 27.9 Å². The smallest absolute Gasteiger partial charge is 0.308 e. The van der Waals surface area contributed by atoms with Crippen molar-refractivity contribution in [3.05, 3.63) is 46.9 Å². The van der Waals surface area contributed by atoms with E-state index in [1.165, 1.54) is 29.0 Å². The second-order valence-corrected chi connectivity index (χ2v) is 7.79. The van der Waals surface area contributed by atoms with Crippen LogP contribution >= 0.6 is 0 Å². The summed E-state index contributed by atoms with van der Waals surface area (Å²) in [7, 11) is 0. The molecule has 1 aromatic carbocycles. The lowest BCUT2D eigenvalue weighted by Gasteiger charge is -2.27. The minimum absolute atomic E-state index is 0.0797. The molecular formula is C22H28FNO3. The fourth-order valence-corrected chi connectivity index (χ4v) is 4.16. The van der Waals surface area contributed by atoms with Crippen molar-refractivity contribution >= 4 is 5.97 Å². The molecule has 0 amide bonds. The number of cyclic esters (lactones) is 1. The Morgan fingerprint density at radius 1 is 1.22 bits per heavy atom. The molecule has 1 fully saturated rings. The predicted octanol–water partition coefficient (Wildman–Crippen LogP) is 4.49. The van der Waals surface area contributed by atoms with Crippen LogP contribution in [0.3, 0.4) is 0 Å². The van der Waals surface area contributed by atoms with E-state index in [1.54, 1.807) is 0 Å². The summed E-state index contributed by atoms with van der Waals surface area (Å²) in [5, 5.41) is 9.85. The number of halogens is 1. The van der Waals surface area contributed by atoms with E-state index >= 15 is 0 Å². The normalized spacial score (nSPS) is 20.2. The van der Waals surface area contributed by atoms with E-state index in [9.17, 15) is 14.3 Å². The lowest BCUT2D eigenvalue weighted by Crippen LogP contribution is -2.33. The molecule has 0 aliphatic carbocycles. The number of aromatic nitrogens is 1. The Bertz CT molecular complexity index is 823. The van der Waals surface area contributed by atoms with E-state index in [0.717, 1.165) is 11.3 Å². The summed E-state index contributed by atoms with van der Waals surface area (Å²) in [5.41, 5.74) is 5.73. The summed E-state index contributed by atoms with van der Waals surface area (Å²) in [6.07, 6.45) is 0.310. The average molecular weight is 373 g/mol. The lowest BCUT2D eigenvalue weighted by molar-refractivity contribution is -0.160. The van der Waals surface area contributed by atoms with E-state index in [0.29, 0.717) is 25.3 Å². The molecule has 0 spiro atoms. The zero-order chi connectivity index (χ0) is 19.7. The van der Waals surface area contributed by atoms with Crippen LogP contribution in [0.5, 0.6) is 0 Å². The molecule has 4 nitrogen and oxygen atoms in total. The van der Waals surface area contributed by atoms with Crippen molar-refractivity contribution < 1.29 is 19.0 Å². The van der Waals surface area contributed by atoms with Crippen LogP contribution < -0.4 is 0 Å². The van der Waals surface area contributed by atoms with E-state index < -0.39 is 6.10 Å². The first-order chi connectivity index (χ1) is 12.8. The fraction of sp³-hybridized carbons (Fsp3) is 0.500. The molecule has 1 saturated heterocycles.